The number of carbonyl (C=O) groups excluding carboxylic acids is 1. The van der Waals surface area contributed by atoms with Gasteiger partial charge in [0, 0.05) is 7.11 Å². The Hall–Kier alpha value is -0.680. The van der Waals surface area contributed by atoms with Crippen LogP contribution in [0.2, 0.25) is 0 Å². The lowest BCUT2D eigenvalue weighted by Gasteiger charge is -2.22. The minimum atomic E-state index is -2.00. The minimum Gasteiger partial charge on any atom is -0.462 e. The Balaban J connectivity index is 3.72. The molecule has 0 aromatic rings. The number of esters is 1. The molecule has 0 saturated carbocycles. The number of carbonyl (C=O) groups is 1. The topological polar surface area (TPSA) is 44.8 Å². The summed E-state index contributed by atoms with van der Waals surface area (Å²) in [6, 6.07) is 0. The molecule has 0 radical (unpaired) electrons. The molecule has 0 saturated heterocycles. The molecule has 0 amide bonds. The van der Waals surface area contributed by atoms with Gasteiger partial charge in [0.05, 0.1) is 18.8 Å². The van der Waals surface area contributed by atoms with E-state index >= 15 is 0 Å². The molecule has 5 heteroatoms. The van der Waals surface area contributed by atoms with Crippen LogP contribution < -0.4 is 0 Å². The van der Waals surface area contributed by atoms with E-state index in [0.29, 0.717) is 6.42 Å². The van der Waals surface area contributed by atoms with Crippen molar-refractivity contribution in [1.29, 1.82) is 0 Å². The summed E-state index contributed by atoms with van der Waals surface area (Å²) < 4.78 is 27.1. The van der Waals surface area contributed by atoms with Crippen molar-refractivity contribution >= 4 is 5.97 Å². The number of alkyl halides is 1. The average Bonchev–Trinajstić information content (AvgIpc) is 2.18. The van der Waals surface area contributed by atoms with Crippen LogP contribution in [0.15, 0.2) is 0 Å². The van der Waals surface area contributed by atoms with Gasteiger partial charge >= 0.3 is 5.97 Å². The molecule has 0 bridgehead atoms. The van der Waals surface area contributed by atoms with E-state index in [9.17, 15) is 9.18 Å². The first-order chi connectivity index (χ1) is 6.93. The van der Waals surface area contributed by atoms with Gasteiger partial charge in [-0.2, -0.15) is 0 Å². The first kappa shape index (κ1) is 14.3. The molecule has 90 valence electrons. The molecule has 4 nitrogen and oxygen atoms in total. The summed E-state index contributed by atoms with van der Waals surface area (Å²) in [5.41, 5.74) is -0.381. The predicted octanol–water partition coefficient (Wildman–Crippen LogP) is 1.68. The van der Waals surface area contributed by atoms with Gasteiger partial charge in [-0.25, -0.2) is 9.18 Å². The van der Waals surface area contributed by atoms with Gasteiger partial charge in [-0.05, 0) is 27.2 Å². The van der Waals surface area contributed by atoms with Gasteiger partial charge < -0.3 is 14.2 Å². The zero-order chi connectivity index (χ0) is 11.9. The predicted molar refractivity (Wildman–Crippen MR) is 53.2 cm³/mol. The van der Waals surface area contributed by atoms with E-state index in [1.165, 1.54) is 0 Å². The van der Waals surface area contributed by atoms with Crippen molar-refractivity contribution < 1.29 is 23.4 Å². The van der Waals surface area contributed by atoms with E-state index in [0.717, 1.165) is 0 Å². The third kappa shape index (κ3) is 6.41. The summed E-state index contributed by atoms with van der Waals surface area (Å²) in [5, 5.41) is 0. The van der Waals surface area contributed by atoms with Crippen LogP contribution in [0.25, 0.3) is 0 Å². The Bertz CT molecular complexity index is 194. The molecule has 0 heterocycles. The summed E-state index contributed by atoms with van der Waals surface area (Å²) in [5.74, 6) is -0.979. The average molecular weight is 222 g/mol. The molecule has 0 aromatic carbocycles. The summed E-state index contributed by atoms with van der Waals surface area (Å²) in [4.78, 5) is 10.8. The molecule has 0 aromatic heterocycles. The third-order valence-corrected chi connectivity index (χ3v) is 1.99. The maximum Gasteiger partial charge on any atom is 0.368 e. The Morgan fingerprint density at radius 3 is 2.53 bits per heavy atom. The number of halogens is 1. The van der Waals surface area contributed by atoms with Gasteiger partial charge in [0.25, 0.3) is 6.36 Å². The van der Waals surface area contributed by atoms with Gasteiger partial charge in [0.2, 0.25) is 0 Å². The molecule has 15 heavy (non-hydrogen) atoms. The second kappa shape index (κ2) is 6.74. The van der Waals surface area contributed by atoms with Crippen LogP contribution in [0, 0.1) is 0 Å². The third-order valence-electron chi connectivity index (χ3n) is 1.99. The van der Waals surface area contributed by atoms with Crippen LogP contribution in [0.5, 0.6) is 0 Å². The van der Waals surface area contributed by atoms with Crippen LogP contribution >= 0.6 is 0 Å². The fourth-order valence-electron chi connectivity index (χ4n) is 0.786. The number of hydrogen-bond acceptors (Lipinski definition) is 4. The fraction of sp³-hybridized carbons (Fsp3) is 0.900. The summed E-state index contributed by atoms with van der Waals surface area (Å²) >= 11 is 0. The summed E-state index contributed by atoms with van der Waals surface area (Å²) in [7, 11) is 1.57. The van der Waals surface area contributed by atoms with Gasteiger partial charge in [0.1, 0.15) is 0 Å². The second-order valence-electron chi connectivity index (χ2n) is 3.65. The smallest absolute Gasteiger partial charge is 0.368 e. The van der Waals surface area contributed by atoms with E-state index in [4.69, 9.17) is 4.74 Å². The normalized spacial score (nSPS) is 13.7. The molecule has 0 fully saturated rings. The van der Waals surface area contributed by atoms with Crippen LogP contribution in [0.1, 0.15) is 27.2 Å². The number of ether oxygens (including phenoxy) is 3. The molecular weight excluding hydrogens is 203 g/mol. The Labute approximate surface area is 89.7 Å². The molecule has 1 unspecified atom stereocenters. The first-order valence-corrected chi connectivity index (χ1v) is 4.90. The maximum atomic E-state index is 12.9. The van der Waals surface area contributed by atoms with Gasteiger partial charge in [0.15, 0.2) is 0 Å². The Morgan fingerprint density at radius 1 is 1.47 bits per heavy atom. The summed E-state index contributed by atoms with van der Waals surface area (Å²) in [6.07, 6.45) is -1.50. The van der Waals surface area contributed by atoms with E-state index in [-0.39, 0.29) is 18.8 Å². The van der Waals surface area contributed by atoms with Crippen molar-refractivity contribution in [3.63, 3.8) is 0 Å². The molecule has 0 aliphatic rings. The van der Waals surface area contributed by atoms with Crippen molar-refractivity contribution in [3.05, 3.63) is 0 Å². The van der Waals surface area contributed by atoms with E-state index in [1.807, 2.05) is 13.8 Å². The highest BCUT2D eigenvalue weighted by molar-refractivity contribution is 5.72. The van der Waals surface area contributed by atoms with E-state index in [2.05, 4.69) is 9.47 Å². The number of rotatable bonds is 7. The lowest BCUT2D eigenvalue weighted by molar-refractivity contribution is -0.171. The lowest BCUT2D eigenvalue weighted by Crippen LogP contribution is -2.28. The molecule has 0 aliphatic carbocycles. The van der Waals surface area contributed by atoms with Crippen LogP contribution in [-0.4, -0.2) is 38.3 Å². The number of methoxy groups -OCH3 is 1. The molecule has 0 aliphatic heterocycles. The summed E-state index contributed by atoms with van der Waals surface area (Å²) in [6.45, 7) is 5.58. The zero-order valence-corrected chi connectivity index (χ0v) is 9.71. The molecule has 1 atom stereocenters. The maximum absolute atomic E-state index is 12.9. The molecular formula is C10H19FO4. The monoisotopic (exact) mass is 222 g/mol. The molecule has 0 rings (SSSR count). The van der Waals surface area contributed by atoms with E-state index < -0.39 is 12.3 Å². The zero-order valence-electron chi connectivity index (χ0n) is 9.71. The quantitative estimate of drug-likeness (QED) is 0.615. The number of hydrogen-bond donors (Lipinski definition) is 0. The van der Waals surface area contributed by atoms with Crippen LogP contribution in [-0.2, 0) is 19.0 Å². The molecule has 0 N–H and O–H groups in total. The van der Waals surface area contributed by atoms with Gasteiger partial charge in [-0.1, -0.05) is 0 Å². The van der Waals surface area contributed by atoms with Crippen LogP contribution in [0.4, 0.5) is 4.39 Å². The Kier molecular flexibility index (Phi) is 6.43. The van der Waals surface area contributed by atoms with Gasteiger partial charge in [-0.3, -0.25) is 0 Å². The first-order valence-electron chi connectivity index (χ1n) is 4.90. The minimum absolute atomic E-state index is 0.112. The highest BCUT2D eigenvalue weighted by Gasteiger charge is 2.21. The van der Waals surface area contributed by atoms with Gasteiger partial charge in [-0.15, -0.1) is 0 Å². The fourth-order valence-corrected chi connectivity index (χ4v) is 0.786. The van der Waals surface area contributed by atoms with E-state index in [1.54, 1.807) is 14.0 Å². The SMILES string of the molecule is CCOC(=O)C(F)OCCC(C)(C)OC. The second-order valence-corrected chi connectivity index (χ2v) is 3.65. The largest absolute Gasteiger partial charge is 0.462 e. The molecule has 0 spiro atoms. The van der Waals surface area contributed by atoms with Crippen molar-refractivity contribution in [1.82, 2.24) is 0 Å². The van der Waals surface area contributed by atoms with Crippen molar-refractivity contribution in [3.8, 4) is 0 Å². The van der Waals surface area contributed by atoms with Crippen LogP contribution in [0.3, 0.4) is 0 Å². The highest BCUT2D eigenvalue weighted by Crippen LogP contribution is 2.13. The standard InChI is InChI=1S/C10H19FO4/c1-5-14-9(12)8(11)15-7-6-10(2,3)13-4/h8H,5-7H2,1-4H3. The van der Waals surface area contributed by atoms with Crippen molar-refractivity contribution in [2.75, 3.05) is 20.3 Å². The van der Waals surface area contributed by atoms with Crippen molar-refractivity contribution in [2.45, 2.75) is 39.2 Å². The van der Waals surface area contributed by atoms with Crippen molar-refractivity contribution in [2.24, 2.45) is 0 Å². The highest BCUT2D eigenvalue weighted by atomic mass is 19.1. The Morgan fingerprint density at radius 2 is 2.07 bits per heavy atom. The lowest BCUT2D eigenvalue weighted by atomic mass is 10.1.